The summed E-state index contributed by atoms with van der Waals surface area (Å²) < 4.78 is 25.3. The maximum atomic E-state index is 12.3. The van der Waals surface area contributed by atoms with Crippen molar-refractivity contribution in [3.05, 3.63) is 71.3 Å². The van der Waals surface area contributed by atoms with Gasteiger partial charge in [-0.25, -0.2) is 8.42 Å². The molecule has 0 aromatic heterocycles. The molecule has 1 N–H and O–H groups in total. The van der Waals surface area contributed by atoms with Crippen LogP contribution in [-0.4, -0.2) is 38.0 Å². The third-order valence-electron chi connectivity index (χ3n) is 4.24. The van der Waals surface area contributed by atoms with Gasteiger partial charge in [-0.3, -0.25) is 4.79 Å². The van der Waals surface area contributed by atoms with Gasteiger partial charge in [0.1, 0.15) is 0 Å². The molecule has 0 bridgehead atoms. The minimum Gasteiger partial charge on any atom is -0.354 e. The van der Waals surface area contributed by atoms with E-state index in [4.69, 9.17) is 0 Å². The Kier molecular flexibility index (Phi) is 6.94. The number of carbonyl (C=O) groups is 1. The van der Waals surface area contributed by atoms with Crippen LogP contribution in [0, 0.1) is 6.92 Å². The fourth-order valence-electron chi connectivity index (χ4n) is 2.57. The summed E-state index contributed by atoms with van der Waals surface area (Å²) in [6.45, 7) is 4.45. The number of aryl methyl sites for hydroxylation is 1. The Morgan fingerprint density at radius 1 is 1.08 bits per heavy atom. The van der Waals surface area contributed by atoms with Crippen molar-refractivity contribution in [2.75, 3.05) is 19.3 Å². The molecule has 26 heavy (non-hydrogen) atoms. The molecule has 0 aliphatic heterocycles. The molecule has 5 nitrogen and oxygen atoms in total. The highest BCUT2D eigenvalue weighted by Crippen LogP contribution is 2.13. The van der Waals surface area contributed by atoms with E-state index in [9.17, 15) is 13.2 Å². The van der Waals surface area contributed by atoms with E-state index in [1.165, 1.54) is 4.31 Å². The van der Waals surface area contributed by atoms with Gasteiger partial charge in [0.2, 0.25) is 15.9 Å². The lowest BCUT2D eigenvalue weighted by Crippen LogP contribution is -2.40. The smallest absolute Gasteiger partial charge is 0.235 e. The number of carbonyl (C=O) groups excluding carboxylic acids is 1. The van der Waals surface area contributed by atoms with Crippen LogP contribution in [0.15, 0.2) is 54.6 Å². The molecule has 140 valence electrons. The van der Waals surface area contributed by atoms with Crippen molar-refractivity contribution in [1.82, 2.24) is 9.62 Å². The van der Waals surface area contributed by atoms with Crippen LogP contribution >= 0.6 is 0 Å². The van der Waals surface area contributed by atoms with E-state index in [1.807, 2.05) is 68.4 Å². The average Bonchev–Trinajstić information content (AvgIpc) is 2.61. The average molecular weight is 375 g/mol. The number of sulfonamides is 1. The number of benzene rings is 2. The van der Waals surface area contributed by atoms with Gasteiger partial charge in [0.15, 0.2) is 0 Å². The third-order valence-corrected chi connectivity index (χ3v) is 5.44. The molecule has 0 heterocycles. The normalized spacial score (nSPS) is 12.8. The highest BCUT2D eigenvalue weighted by atomic mass is 32.2. The molecular weight excluding hydrogens is 348 g/mol. The summed E-state index contributed by atoms with van der Waals surface area (Å²) in [7, 11) is -3.49. The van der Waals surface area contributed by atoms with Gasteiger partial charge in [-0.2, -0.15) is 4.31 Å². The van der Waals surface area contributed by atoms with E-state index < -0.39 is 10.0 Å². The van der Waals surface area contributed by atoms with Gasteiger partial charge in [0, 0.05) is 13.1 Å². The summed E-state index contributed by atoms with van der Waals surface area (Å²) in [5.74, 6) is -0.144. The van der Waals surface area contributed by atoms with Crippen molar-refractivity contribution in [2.45, 2.75) is 26.3 Å². The number of hydrogen-bond donors (Lipinski definition) is 1. The monoisotopic (exact) mass is 374 g/mol. The third kappa shape index (κ3) is 6.28. The Hall–Kier alpha value is -2.18. The van der Waals surface area contributed by atoms with Gasteiger partial charge in [-0.1, -0.05) is 67.1 Å². The molecule has 2 aromatic carbocycles. The van der Waals surface area contributed by atoms with Crippen LogP contribution in [0.2, 0.25) is 0 Å². The first-order valence-electron chi connectivity index (χ1n) is 8.58. The van der Waals surface area contributed by atoms with E-state index in [1.54, 1.807) is 0 Å². The maximum Gasteiger partial charge on any atom is 0.235 e. The topological polar surface area (TPSA) is 66.5 Å². The minimum atomic E-state index is -3.49. The molecule has 0 aliphatic carbocycles. The first-order valence-corrected chi connectivity index (χ1v) is 10.4. The van der Waals surface area contributed by atoms with E-state index in [-0.39, 0.29) is 24.9 Å². The molecule has 0 saturated heterocycles. The van der Waals surface area contributed by atoms with Crippen LogP contribution in [0.4, 0.5) is 0 Å². The summed E-state index contributed by atoms with van der Waals surface area (Å²) in [6, 6.07) is 17.5. The molecule has 1 atom stereocenters. The van der Waals surface area contributed by atoms with Crippen LogP contribution in [0.5, 0.6) is 0 Å². The number of nitrogens with zero attached hydrogens (tertiary/aromatic N) is 1. The van der Waals surface area contributed by atoms with Crippen molar-refractivity contribution in [3.8, 4) is 0 Å². The van der Waals surface area contributed by atoms with Gasteiger partial charge in [-0.15, -0.1) is 0 Å². The fourth-order valence-corrected chi connectivity index (χ4v) is 3.31. The van der Waals surface area contributed by atoms with Crippen molar-refractivity contribution in [1.29, 1.82) is 0 Å². The summed E-state index contributed by atoms with van der Waals surface area (Å²) >= 11 is 0. The molecule has 1 unspecified atom stereocenters. The number of nitrogens with one attached hydrogen (secondary N) is 1. The second-order valence-corrected chi connectivity index (χ2v) is 8.61. The van der Waals surface area contributed by atoms with Crippen molar-refractivity contribution in [2.24, 2.45) is 0 Å². The second-order valence-electron chi connectivity index (χ2n) is 6.63. The van der Waals surface area contributed by atoms with Gasteiger partial charge >= 0.3 is 0 Å². The predicted molar refractivity (Wildman–Crippen MR) is 104 cm³/mol. The lowest BCUT2D eigenvalue weighted by atomic mass is 10.0. The molecular formula is C20H26N2O3S. The van der Waals surface area contributed by atoms with Crippen LogP contribution in [0.25, 0.3) is 0 Å². The Labute approximate surface area is 156 Å². The molecule has 0 aliphatic rings. The zero-order valence-electron chi connectivity index (χ0n) is 15.5. The summed E-state index contributed by atoms with van der Waals surface area (Å²) in [6.07, 6.45) is 1.13. The largest absolute Gasteiger partial charge is 0.354 e. The van der Waals surface area contributed by atoms with Crippen LogP contribution < -0.4 is 5.32 Å². The van der Waals surface area contributed by atoms with Crippen molar-refractivity contribution >= 4 is 15.9 Å². The molecule has 1 amide bonds. The van der Waals surface area contributed by atoms with E-state index in [0.717, 1.165) is 22.9 Å². The zero-order chi connectivity index (χ0) is 19.2. The van der Waals surface area contributed by atoms with Crippen LogP contribution in [-0.2, 0) is 21.4 Å². The van der Waals surface area contributed by atoms with Gasteiger partial charge in [-0.05, 0) is 24.0 Å². The molecule has 0 saturated carbocycles. The minimum absolute atomic E-state index is 0.156. The van der Waals surface area contributed by atoms with Gasteiger partial charge in [0.25, 0.3) is 0 Å². The molecule has 6 heteroatoms. The predicted octanol–water partition coefficient (Wildman–Crippen LogP) is 2.68. The lowest BCUT2D eigenvalue weighted by molar-refractivity contribution is -0.121. The van der Waals surface area contributed by atoms with Crippen LogP contribution in [0.3, 0.4) is 0 Å². The molecule has 0 spiro atoms. The van der Waals surface area contributed by atoms with Crippen LogP contribution in [0.1, 0.15) is 29.5 Å². The Morgan fingerprint density at radius 2 is 1.69 bits per heavy atom. The van der Waals surface area contributed by atoms with Crippen molar-refractivity contribution < 1.29 is 13.2 Å². The Morgan fingerprint density at radius 3 is 2.27 bits per heavy atom. The Balaban J connectivity index is 1.95. The maximum absolute atomic E-state index is 12.3. The summed E-state index contributed by atoms with van der Waals surface area (Å²) in [5.41, 5.74) is 3.09. The number of amides is 1. The van der Waals surface area contributed by atoms with Gasteiger partial charge < -0.3 is 5.32 Å². The highest BCUT2D eigenvalue weighted by Gasteiger charge is 2.20. The Bertz CT molecular complexity index is 818. The van der Waals surface area contributed by atoms with E-state index in [2.05, 4.69) is 5.32 Å². The quantitative estimate of drug-likeness (QED) is 0.772. The number of rotatable bonds is 8. The first-order chi connectivity index (χ1) is 12.3. The summed E-state index contributed by atoms with van der Waals surface area (Å²) in [5, 5.41) is 2.83. The van der Waals surface area contributed by atoms with Gasteiger partial charge in [0.05, 0.1) is 12.8 Å². The molecule has 0 radical (unpaired) electrons. The summed E-state index contributed by atoms with van der Waals surface area (Å²) in [4.78, 5) is 12.3. The lowest BCUT2D eigenvalue weighted by Gasteiger charge is -2.20. The number of hydrogen-bond acceptors (Lipinski definition) is 3. The molecule has 0 fully saturated rings. The standard InChI is InChI=1S/C20H26N2O3S/c1-16-9-11-18(12-10-16)14-22(26(3,24)25)15-20(23)21-13-17(2)19-7-5-4-6-8-19/h4-12,17H,13-15H2,1-3H3,(H,21,23). The van der Waals surface area contributed by atoms with Crippen molar-refractivity contribution in [3.63, 3.8) is 0 Å². The zero-order valence-corrected chi connectivity index (χ0v) is 16.3. The fraction of sp³-hybridized carbons (Fsp3) is 0.350. The van der Waals surface area contributed by atoms with E-state index >= 15 is 0 Å². The molecule has 2 rings (SSSR count). The SMILES string of the molecule is Cc1ccc(CN(CC(=O)NCC(C)c2ccccc2)S(C)(=O)=O)cc1. The first kappa shape index (κ1) is 20.1. The highest BCUT2D eigenvalue weighted by molar-refractivity contribution is 7.88. The van der Waals surface area contributed by atoms with E-state index in [0.29, 0.717) is 6.54 Å². The second kappa shape index (κ2) is 8.96. The molecule has 2 aromatic rings.